The summed E-state index contributed by atoms with van der Waals surface area (Å²) in [6.45, 7) is -0.287. The van der Waals surface area contributed by atoms with Gasteiger partial charge < -0.3 is 15.1 Å². The molecule has 27 heavy (non-hydrogen) atoms. The van der Waals surface area contributed by atoms with Crippen molar-refractivity contribution in [3.63, 3.8) is 0 Å². The van der Waals surface area contributed by atoms with E-state index in [1.54, 1.807) is 30.3 Å². The van der Waals surface area contributed by atoms with Gasteiger partial charge in [-0.3, -0.25) is 14.4 Å². The Morgan fingerprint density at radius 3 is 2.26 bits per heavy atom. The molecule has 2 N–H and O–H groups in total. The molecule has 0 bridgehead atoms. The zero-order chi connectivity index (χ0) is 19.6. The summed E-state index contributed by atoms with van der Waals surface area (Å²) in [6, 6.07) is 12.5. The fraction of sp³-hybridized carbons (Fsp3) is 0.150. The maximum absolute atomic E-state index is 14.4. The van der Waals surface area contributed by atoms with Crippen LogP contribution in [-0.4, -0.2) is 39.3 Å². The van der Waals surface area contributed by atoms with Crippen LogP contribution < -0.4 is 0 Å². The highest BCUT2D eigenvalue weighted by Crippen LogP contribution is 2.40. The molecule has 1 saturated heterocycles. The van der Waals surface area contributed by atoms with Gasteiger partial charge in [-0.25, -0.2) is 4.39 Å². The van der Waals surface area contributed by atoms with Crippen LogP contribution in [0.1, 0.15) is 23.6 Å². The van der Waals surface area contributed by atoms with E-state index in [9.17, 15) is 23.9 Å². The van der Waals surface area contributed by atoms with Gasteiger partial charge in [-0.1, -0.05) is 48.5 Å². The van der Waals surface area contributed by atoms with Gasteiger partial charge in [-0.2, -0.15) is 0 Å². The van der Waals surface area contributed by atoms with Gasteiger partial charge >= 0.3 is 5.97 Å². The number of hydrogen-bond acceptors (Lipinski definition) is 4. The number of carboxylic acid groups (broad SMARTS) is 1. The molecule has 1 aliphatic rings. The van der Waals surface area contributed by atoms with Gasteiger partial charge in [0.05, 0.1) is 18.0 Å². The van der Waals surface area contributed by atoms with E-state index < -0.39 is 41.7 Å². The summed E-state index contributed by atoms with van der Waals surface area (Å²) in [6.07, 6.45) is -0.413. The molecular weight excluding hydrogens is 353 g/mol. The SMILES string of the molecule is O=C(O)CCN1C(=O)C(=O)/C(=C(/O)c2ccccc2)[C@@H]1c1ccccc1F. The summed E-state index contributed by atoms with van der Waals surface area (Å²) in [5, 5.41) is 19.6. The van der Waals surface area contributed by atoms with Crippen molar-refractivity contribution in [2.45, 2.75) is 12.5 Å². The number of amides is 1. The number of nitrogens with zero attached hydrogens (tertiary/aromatic N) is 1. The quantitative estimate of drug-likeness (QED) is 0.480. The molecule has 7 heteroatoms. The number of benzene rings is 2. The summed E-state index contributed by atoms with van der Waals surface area (Å²) in [4.78, 5) is 37.0. The van der Waals surface area contributed by atoms with E-state index in [4.69, 9.17) is 5.11 Å². The summed E-state index contributed by atoms with van der Waals surface area (Å²) in [5.41, 5.74) is 0.0522. The number of aliphatic hydroxyl groups excluding tert-OH is 1. The van der Waals surface area contributed by atoms with Crippen molar-refractivity contribution in [2.75, 3.05) is 6.54 Å². The fourth-order valence-corrected chi connectivity index (χ4v) is 3.10. The standard InChI is InChI=1S/C20H16FNO5/c21-14-9-5-4-8-13(14)17-16(18(25)12-6-2-1-3-7-12)19(26)20(27)22(17)11-10-15(23)24/h1-9,17,25H,10-11H2,(H,23,24)/b18-16+/t17-/m0/s1. The topological polar surface area (TPSA) is 94.9 Å². The average molecular weight is 369 g/mol. The van der Waals surface area contributed by atoms with E-state index in [2.05, 4.69) is 0 Å². The molecule has 3 rings (SSSR count). The number of carboxylic acids is 1. The summed E-state index contributed by atoms with van der Waals surface area (Å²) in [5.74, 6) is -4.20. The van der Waals surface area contributed by atoms with Gasteiger partial charge in [0.2, 0.25) is 0 Å². The van der Waals surface area contributed by atoms with E-state index in [0.29, 0.717) is 5.56 Å². The maximum Gasteiger partial charge on any atom is 0.305 e. The Hall–Kier alpha value is -3.48. The van der Waals surface area contributed by atoms with Crippen molar-refractivity contribution >= 4 is 23.4 Å². The van der Waals surface area contributed by atoms with Gasteiger partial charge in [-0.15, -0.1) is 0 Å². The predicted molar refractivity (Wildman–Crippen MR) is 94.1 cm³/mol. The van der Waals surface area contributed by atoms with Gasteiger partial charge in [-0.05, 0) is 6.07 Å². The Labute approximate surface area is 154 Å². The Bertz CT molecular complexity index is 938. The molecule has 6 nitrogen and oxygen atoms in total. The molecule has 0 spiro atoms. The third kappa shape index (κ3) is 3.44. The van der Waals surface area contributed by atoms with Crippen LogP contribution in [0.25, 0.3) is 5.76 Å². The number of rotatable bonds is 5. The Balaban J connectivity index is 2.18. The van der Waals surface area contributed by atoms with Gasteiger partial charge in [0, 0.05) is 17.7 Å². The molecule has 0 unspecified atom stereocenters. The number of aliphatic hydroxyl groups is 1. The lowest BCUT2D eigenvalue weighted by Gasteiger charge is -2.25. The molecule has 1 aliphatic heterocycles. The predicted octanol–water partition coefficient (Wildman–Crippen LogP) is 2.72. The third-order valence-electron chi connectivity index (χ3n) is 4.35. The molecule has 0 radical (unpaired) electrons. The van der Waals surface area contributed by atoms with Crippen molar-refractivity contribution in [1.82, 2.24) is 4.90 Å². The number of likely N-dealkylation sites (tertiary alicyclic amines) is 1. The second-order valence-electron chi connectivity index (χ2n) is 6.02. The largest absolute Gasteiger partial charge is 0.507 e. The number of Topliss-reactive ketones (excluding diaryl/α,β-unsaturated/α-hetero) is 1. The van der Waals surface area contributed by atoms with Crippen LogP contribution >= 0.6 is 0 Å². The highest BCUT2D eigenvalue weighted by molar-refractivity contribution is 6.46. The number of ketones is 1. The molecule has 1 fully saturated rings. The summed E-state index contributed by atoms with van der Waals surface area (Å²) >= 11 is 0. The van der Waals surface area contributed by atoms with Crippen LogP contribution in [0.5, 0.6) is 0 Å². The molecular formula is C20H16FNO5. The lowest BCUT2D eigenvalue weighted by molar-refractivity contribution is -0.142. The van der Waals surface area contributed by atoms with Crippen molar-refractivity contribution in [3.8, 4) is 0 Å². The second-order valence-corrected chi connectivity index (χ2v) is 6.02. The van der Waals surface area contributed by atoms with Crippen LogP contribution in [-0.2, 0) is 14.4 Å². The van der Waals surface area contributed by atoms with Gasteiger partial charge in [0.1, 0.15) is 11.6 Å². The number of aliphatic carboxylic acids is 1. The lowest BCUT2D eigenvalue weighted by atomic mass is 9.95. The minimum absolute atomic E-state index is 0.0135. The highest BCUT2D eigenvalue weighted by Gasteiger charge is 2.46. The first-order chi connectivity index (χ1) is 12.9. The smallest absolute Gasteiger partial charge is 0.305 e. The maximum atomic E-state index is 14.4. The normalized spacial score (nSPS) is 18.7. The molecule has 1 heterocycles. The molecule has 0 aromatic heterocycles. The third-order valence-corrected chi connectivity index (χ3v) is 4.35. The van der Waals surface area contributed by atoms with Crippen molar-refractivity contribution in [2.24, 2.45) is 0 Å². The number of hydrogen-bond donors (Lipinski definition) is 2. The van der Waals surface area contributed by atoms with Crippen molar-refractivity contribution in [3.05, 3.63) is 77.1 Å². The first-order valence-corrected chi connectivity index (χ1v) is 8.22. The van der Waals surface area contributed by atoms with E-state index in [1.165, 1.54) is 24.3 Å². The van der Waals surface area contributed by atoms with Crippen LogP contribution in [0.3, 0.4) is 0 Å². The van der Waals surface area contributed by atoms with E-state index in [0.717, 1.165) is 4.90 Å². The Morgan fingerprint density at radius 2 is 1.63 bits per heavy atom. The molecule has 0 saturated carbocycles. The van der Waals surface area contributed by atoms with Crippen LogP contribution in [0, 0.1) is 5.82 Å². The Morgan fingerprint density at radius 1 is 1.00 bits per heavy atom. The average Bonchev–Trinajstić information content (AvgIpc) is 2.91. The lowest BCUT2D eigenvalue weighted by Crippen LogP contribution is -2.32. The van der Waals surface area contributed by atoms with Crippen molar-refractivity contribution in [1.29, 1.82) is 0 Å². The zero-order valence-electron chi connectivity index (χ0n) is 14.1. The summed E-state index contributed by atoms with van der Waals surface area (Å²) in [7, 11) is 0. The monoisotopic (exact) mass is 369 g/mol. The number of carbonyl (C=O) groups excluding carboxylic acids is 2. The molecule has 138 valence electrons. The first-order valence-electron chi connectivity index (χ1n) is 8.22. The minimum atomic E-state index is -1.20. The number of halogens is 1. The van der Waals surface area contributed by atoms with E-state index >= 15 is 0 Å². The molecule has 1 amide bonds. The molecule has 2 aromatic rings. The minimum Gasteiger partial charge on any atom is -0.507 e. The number of carbonyl (C=O) groups is 3. The second kappa shape index (κ2) is 7.41. The molecule has 0 aliphatic carbocycles. The summed E-state index contributed by atoms with van der Waals surface area (Å²) < 4.78 is 14.4. The van der Waals surface area contributed by atoms with E-state index in [-0.39, 0.29) is 17.7 Å². The molecule has 2 aromatic carbocycles. The van der Waals surface area contributed by atoms with Gasteiger partial charge in [0.25, 0.3) is 11.7 Å². The zero-order valence-corrected chi connectivity index (χ0v) is 14.1. The van der Waals surface area contributed by atoms with Crippen LogP contribution in [0.2, 0.25) is 0 Å². The van der Waals surface area contributed by atoms with Crippen molar-refractivity contribution < 1.29 is 29.0 Å². The van der Waals surface area contributed by atoms with E-state index in [1.807, 2.05) is 0 Å². The van der Waals surface area contributed by atoms with Crippen LogP contribution in [0.4, 0.5) is 4.39 Å². The highest BCUT2D eigenvalue weighted by atomic mass is 19.1. The molecule has 1 atom stereocenters. The first kappa shape index (κ1) is 18.3. The van der Waals surface area contributed by atoms with Gasteiger partial charge in [0.15, 0.2) is 0 Å². The Kier molecular flexibility index (Phi) is 5.03. The fourth-order valence-electron chi connectivity index (χ4n) is 3.10. The van der Waals surface area contributed by atoms with Crippen LogP contribution in [0.15, 0.2) is 60.2 Å².